The van der Waals surface area contributed by atoms with Gasteiger partial charge in [0.15, 0.2) is 5.89 Å². The topological polar surface area (TPSA) is 32.5 Å². The van der Waals surface area contributed by atoms with Crippen molar-refractivity contribution < 1.29 is 4.42 Å². The predicted molar refractivity (Wildman–Crippen MR) is 96.8 cm³/mol. The number of hydrogen-bond donors (Lipinski definition) is 0. The molecule has 4 nitrogen and oxygen atoms in total. The molecule has 0 radical (unpaired) electrons. The van der Waals surface area contributed by atoms with Gasteiger partial charge in [-0.1, -0.05) is 44.2 Å². The average molecular weight is 327 g/mol. The molecular weight excluding hydrogens is 298 g/mol. The lowest BCUT2D eigenvalue weighted by Gasteiger charge is -2.20. The zero-order valence-corrected chi connectivity index (χ0v) is 15.1. The van der Waals surface area contributed by atoms with Crippen LogP contribution in [0.1, 0.15) is 43.3 Å². The van der Waals surface area contributed by atoms with E-state index in [0.29, 0.717) is 5.92 Å². The molecule has 0 amide bonds. The molecule has 1 aromatic carbocycles. The van der Waals surface area contributed by atoms with Crippen molar-refractivity contribution in [2.75, 3.05) is 26.7 Å². The van der Waals surface area contributed by atoms with Crippen LogP contribution >= 0.6 is 0 Å². The second-order valence-electron chi connectivity index (χ2n) is 7.40. The average Bonchev–Trinajstić information content (AvgIpc) is 3.18. The molecule has 2 heterocycles. The Morgan fingerprint density at radius 2 is 2.08 bits per heavy atom. The molecule has 130 valence electrons. The first kappa shape index (κ1) is 17.2. The van der Waals surface area contributed by atoms with Crippen molar-refractivity contribution in [2.24, 2.45) is 5.92 Å². The molecular formula is C20H29N3O. The minimum Gasteiger partial charge on any atom is -0.448 e. The first-order valence-electron chi connectivity index (χ1n) is 8.99. The summed E-state index contributed by atoms with van der Waals surface area (Å²) >= 11 is 0. The highest BCUT2D eigenvalue weighted by Crippen LogP contribution is 2.20. The Kier molecular flexibility index (Phi) is 5.69. The van der Waals surface area contributed by atoms with E-state index in [1.54, 1.807) is 0 Å². The third-order valence-electron chi connectivity index (χ3n) is 4.68. The van der Waals surface area contributed by atoms with Crippen LogP contribution in [0.5, 0.6) is 0 Å². The van der Waals surface area contributed by atoms with Crippen LogP contribution < -0.4 is 0 Å². The lowest BCUT2D eigenvalue weighted by atomic mass is 10.1. The summed E-state index contributed by atoms with van der Waals surface area (Å²) in [6.45, 7) is 9.67. The van der Waals surface area contributed by atoms with Crippen LogP contribution in [0.15, 0.2) is 41.0 Å². The Balaban J connectivity index is 1.44. The number of aromatic nitrogens is 1. The quantitative estimate of drug-likeness (QED) is 0.775. The molecule has 1 aromatic heterocycles. The Morgan fingerprint density at radius 1 is 1.29 bits per heavy atom. The van der Waals surface area contributed by atoms with Gasteiger partial charge >= 0.3 is 0 Å². The lowest BCUT2D eigenvalue weighted by Crippen LogP contribution is -2.28. The monoisotopic (exact) mass is 327 g/mol. The van der Waals surface area contributed by atoms with Crippen LogP contribution in [-0.4, -0.2) is 41.5 Å². The molecule has 1 fully saturated rings. The fourth-order valence-electron chi connectivity index (χ4n) is 3.49. The van der Waals surface area contributed by atoms with Crippen molar-refractivity contribution in [3.63, 3.8) is 0 Å². The van der Waals surface area contributed by atoms with E-state index in [4.69, 9.17) is 4.42 Å². The van der Waals surface area contributed by atoms with Gasteiger partial charge in [-0.15, -0.1) is 0 Å². The number of rotatable bonds is 7. The molecule has 1 atom stereocenters. The van der Waals surface area contributed by atoms with Crippen LogP contribution in [0.3, 0.4) is 0 Å². The third kappa shape index (κ3) is 4.68. The first-order chi connectivity index (χ1) is 11.6. The lowest BCUT2D eigenvalue weighted by molar-refractivity contribution is 0.253. The van der Waals surface area contributed by atoms with E-state index in [1.165, 1.54) is 25.1 Å². The SMILES string of the molecule is CC(C)c1nc(CN(C)C[C@H]2CCN(Cc3ccccc3)C2)co1. The molecule has 24 heavy (non-hydrogen) atoms. The van der Waals surface area contributed by atoms with E-state index < -0.39 is 0 Å². The Bertz CT molecular complexity index is 623. The summed E-state index contributed by atoms with van der Waals surface area (Å²) in [5.41, 5.74) is 2.45. The Morgan fingerprint density at radius 3 is 2.79 bits per heavy atom. The van der Waals surface area contributed by atoms with Crippen LogP contribution in [0.2, 0.25) is 0 Å². The fraction of sp³-hybridized carbons (Fsp3) is 0.550. The van der Waals surface area contributed by atoms with Gasteiger partial charge in [-0.05, 0) is 31.5 Å². The Hall–Kier alpha value is -1.65. The van der Waals surface area contributed by atoms with E-state index in [9.17, 15) is 0 Å². The largest absolute Gasteiger partial charge is 0.448 e. The maximum atomic E-state index is 5.53. The van der Waals surface area contributed by atoms with Gasteiger partial charge in [0.2, 0.25) is 0 Å². The predicted octanol–water partition coefficient (Wildman–Crippen LogP) is 3.75. The maximum Gasteiger partial charge on any atom is 0.196 e. The van der Waals surface area contributed by atoms with Gasteiger partial charge in [0, 0.05) is 32.1 Å². The second-order valence-corrected chi connectivity index (χ2v) is 7.40. The van der Waals surface area contributed by atoms with Crippen molar-refractivity contribution in [3.8, 4) is 0 Å². The normalized spacial score (nSPS) is 18.8. The molecule has 3 rings (SSSR count). The van der Waals surface area contributed by atoms with Crippen molar-refractivity contribution >= 4 is 0 Å². The molecule has 0 bridgehead atoms. The molecule has 1 aliphatic heterocycles. The van der Waals surface area contributed by atoms with E-state index in [0.717, 1.165) is 37.1 Å². The van der Waals surface area contributed by atoms with E-state index in [2.05, 4.69) is 66.0 Å². The van der Waals surface area contributed by atoms with Crippen molar-refractivity contribution in [2.45, 2.75) is 39.3 Å². The van der Waals surface area contributed by atoms with Gasteiger partial charge in [-0.2, -0.15) is 0 Å². The van der Waals surface area contributed by atoms with E-state index in [1.807, 2.05) is 6.26 Å². The third-order valence-corrected chi connectivity index (χ3v) is 4.68. The van der Waals surface area contributed by atoms with Crippen LogP contribution in [0.4, 0.5) is 0 Å². The highest BCUT2D eigenvalue weighted by molar-refractivity contribution is 5.14. The highest BCUT2D eigenvalue weighted by Gasteiger charge is 2.23. The van der Waals surface area contributed by atoms with Gasteiger partial charge in [0.05, 0.1) is 5.69 Å². The number of oxazole rings is 1. The molecule has 4 heteroatoms. The van der Waals surface area contributed by atoms with Gasteiger partial charge in [0.1, 0.15) is 6.26 Å². The number of hydrogen-bond acceptors (Lipinski definition) is 4. The summed E-state index contributed by atoms with van der Waals surface area (Å²) in [5.74, 6) is 1.94. The molecule has 0 aliphatic carbocycles. The minimum absolute atomic E-state index is 0.352. The van der Waals surface area contributed by atoms with Crippen LogP contribution in [0, 0.1) is 5.92 Å². The molecule has 1 saturated heterocycles. The van der Waals surface area contributed by atoms with Gasteiger partial charge < -0.3 is 9.32 Å². The van der Waals surface area contributed by atoms with E-state index >= 15 is 0 Å². The van der Waals surface area contributed by atoms with Crippen molar-refractivity contribution in [1.82, 2.24) is 14.8 Å². The van der Waals surface area contributed by atoms with Crippen molar-refractivity contribution in [1.29, 1.82) is 0 Å². The minimum atomic E-state index is 0.352. The van der Waals surface area contributed by atoms with Crippen LogP contribution in [0.25, 0.3) is 0 Å². The zero-order chi connectivity index (χ0) is 16.9. The molecule has 0 unspecified atom stereocenters. The molecule has 1 aliphatic rings. The zero-order valence-electron chi connectivity index (χ0n) is 15.1. The summed E-state index contributed by atoms with van der Waals surface area (Å²) in [5, 5.41) is 0. The van der Waals surface area contributed by atoms with Gasteiger partial charge in [-0.3, -0.25) is 4.90 Å². The summed E-state index contributed by atoms with van der Waals surface area (Å²) < 4.78 is 5.53. The number of likely N-dealkylation sites (tertiary alicyclic amines) is 1. The number of nitrogens with zero attached hydrogens (tertiary/aromatic N) is 3. The summed E-state index contributed by atoms with van der Waals surface area (Å²) in [6, 6.07) is 10.8. The number of benzene rings is 1. The van der Waals surface area contributed by atoms with Crippen molar-refractivity contribution in [3.05, 3.63) is 53.7 Å². The summed E-state index contributed by atoms with van der Waals surface area (Å²) in [4.78, 5) is 9.52. The standard InChI is InChI=1S/C20H29N3O/c1-16(2)20-21-19(15-24-20)14-22(3)11-18-9-10-23(13-18)12-17-7-5-4-6-8-17/h4-8,15-16,18H,9-14H2,1-3H3/t18-/m1/s1. The second kappa shape index (κ2) is 7.95. The Labute approximate surface area is 145 Å². The van der Waals surface area contributed by atoms with Gasteiger partial charge in [-0.25, -0.2) is 4.98 Å². The van der Waals surface area contributed by atoms with E-state index in [-0.39, 0.29) is 0 Å². The highest BCUT2D eigenvalue weighted by atomic mass is 16.3. The molecule has 0 N–H and O–H groups in total. The molecule has 0 saturated carbocycles. The molecule has 0 spiro atoms. The smallest absolute Gasteiger partial charge is 0.196 e. The molecule has 2 aromatic rings. The van der Waals surface area contributed by atoms with Crippen LogP contribution in [-0.2, 0) is 13.1 Å². The maximum absolute atomic E-state index is 5.53. The summed E-state index contributed by atoms with van der Waals surface area (Å²) in [7, 11) is 2.18. The van der Waals surface area contributed by atoms with Gasteiger partial charge in [0.25, 0.3) is 0 Å². The summed E-state index contributed by atoms with van der Waals surface area (Å²) in [6.07, 6.45) is 3.09. The first-order valence-corrected chi connectivity index (χ1v) is 8.99. The fourth-order valence-corrected chi connectivity index (χ4v) is 3.49.